The molecule has 0 radical (unpaired) electrons. The van der Waals surface area contributed by atoms with Gasteiger partial charge in [-0.1, -0.05) is 0 Å². The summed E-state index contributed by atoms with van der Waals surface area (Å²) in [5, 5.41) is 8.32. The third-order valence-corrected chi connectivity index (χ3v) is 1.69. The zero-order chi connectivity index (χ0) is 12.8. The first kappa shape index (κ1) is 14.7. The SMILES string of the molecule is COCCN(CCC(=O)O)C(=O)C(F)(F)F. The fraction of sp³-hybridized carbons (Fsp3) is 0.750. The number of carbonyl (C=O) groups excluding carboxylic acids is 1. The van der Waals surface area contributed by atoms with Crippen LogP contribution in [0.1, 0.15) is 6.42 Å². The van der Waals surface area contributed by atoms with Crippen LogP contribution in [0.4, 0.5) is 13.2 Å². The summed E-state index contributed by atoms with van der Waals surface area (Å²) < 4.78 is 40.7. The molecule has 1 amide bonds. The number of hydrogen-bond acceptors (Lipinski definition) is 3. The first-order chi connectivity index (χ1) is 7.29. The van der Waals surface area contributed by atoms with Crippen molar-refractivity contribution in [1.29, 1.82) is 0 Å². The van der Waals surface area contributed by atoms with Crippen molar-refractivity contribution in [3.8, 4) is 0 Å². The lowest BCUT2D eigenvalue weighted by Crippen LogP contribution is -2.43. The van der Waals surface area contributed by atoms with Crippen molar-refractivity contribution in [2.24, 2.45) is 0 Å². The van der Waals surface area contributed by atoms with E-state index in [9.17, 15) is 22.8 Å². The van der Waals surface area contributed by atoms with Crippen LogP contribution in [0.3, 0.4) is 0 Å². The predicted molar refractivity (Wildman–Crippen MR) is 46.8 cm³/mol. The first-order valence-electron chi connectivity index (χ1n) is 4.36. The monoisotopic (exact) mass is 243 g/mol. The molecule has 0 rings (SSSR count). The minimum atomic E-state index is -4.99. The van der Waals surface area contributed by atoms with Crippen molar-refractivity contribution < 1.29 is 32.6 Å². The molecule has 94 valence electrons. The highest BCUT2D eigenvalue weighted by molar-refractivity contribution is 5.82. The summed E-state index contributed by atoms with van der Waals surface area (Å²) in [6.07, 6.45) is -5.53. The maximum absolute atomic E-state index is 12.1. The molecule has 0 atom stereocenters. The maximum Gasteiger partial charge on any atom is 0.471 e. The Morgan fingerprint density at radius 1 is 1.31 bits per heavy atom. The first-order valence-corrected chi connectivity index (χ1v) is 4.36. The van der Waals surface area contributed by atoms with Crippen LogP contribution in [0.5, 0.6) is 0 Å². The van der Waals surface area contributed by atoms with Crippen LogP contribution in [0.2, 0.25) is 0 Å². The Morgan fingerprint density at radius 3 is 2.25 bits per heavy atom. The van der Waals surface area contributed by atoms with Crippen molar-refractivity contribution >= 4 is 11.9 Å². The smallest absolute Gasteiger partial charge is 0.471 e. The van der Waals surface area contributed by atoms with Crippen molar-refractivity contribution in [2.45, 2.75) is 12.6 Å². The fourth-order valence-corrected chi connectivity index (χ4v) is 0.926. The van der Waals surface area contributed by atoms with Gasteiger partial charge >= 0.3 is 18.1 Å². The predicted octanol–water partition coefficient (Wildman–Crippen LogP) is 0.498. The summed E-state index contributed by atoms with van der Waals surface area (Å²) in [5.74, 6) is -3.32. The van der Waals surface area contributed by atoms with Gasteiger partial charge in [-0.3, -0.25) is 9.59 Å². The number of nitrogens with zero attached hydrogens (tertiary/aromatic N) is 1. The molecule has 0 aliphatic heterocycles. The number of carboxylic acid groups (broad SMARTS) is 1. The van der Waals surface area contributed by atoms with E-state index in [-0.39, 0.29) is 13.2 Å². The summed E-state index contributed by atoms with van der Waals surface area (Å²) in [6, 6.07) is 0. The van der Waals surface area contributed by atoms with E-state index in [1.54, 1.807) is 0 Å². The molecule has 0 bridgehead atoms. The van der Waals surface area contributed by atoms with Gasteiger partial charge in [0.1, 0.15) is 0 Å². The van der Waals surface area contributed by atoms with Crippen LogP contribution >= 0.6 is 0 Å². The van der Waals surface area contributed by atoms with Crippen molar-refractivity contribution in [3.05, 3.63) is 0 Å². The van der Waals surface area contributed by atoms with Gasteiger partial charge in [-0.25, -0.2) is 0 Å². The van der Waals surface area contributed by atoms with Gasteiger partial charge < -0.3 is 14.7 Å². The fourth-order valence-electron chi connectivity index (χ4n) is 0.926. The molecule has 0 aliphatic rings. The number of methoxy groups -OCH3 is 1. The number of rotatable bonds is 6. The Kier molecular flexibility index (Phi) is 5.79. The van der Waals surface area contributed by atoms with Gasteiger partial charge in [-0.05, 0) is 0 Å². The van der Waals surface area contributed by atoms with Gasteiger partial charge in [0.15, 0.2) is 0 Å². The molecule has 0 saturated carbocycles. The maximum atomic E-state index is 12.1. The highest BCUT2D eigenvalue weighted by Gasteiger charge is 2.42. The molecule has 0 heterocycles. The lowest BCUT2D eigenvalue weighted by molar-refractivity contribution is -0.186. The van der Waals surface area contributed by atoms with Crippen molar-refractivity contribution in [3.63, 3.8) is 0 Å². The summed E-state index contributed by atoms with van der Waals surface area (Å²) in [6.45, 7) is -0.861. The number of ether oxygens (including phenoxy) is 1. The molecule has 0 aromatic heterocycles. The number of alkyl halides is 3. The van der Waals surface area contributed by atoms with Gasteiger partial charge in [-0.2, -0.15) is 13.2 Å². The molecule has 0 aromatic rings. The molecular formula is C8H12F3NO4. The number of carboxylic acids is 1. The third kappa shape index (κ3) is 5.54. The lowest BCUT2D eigenvalue weighted by Gasteiger charge is -2.22. The highest BCUT2D eigenvalue weighted by Crippen LogP contribution is 2.18. The molecule has 0 saturated heterocycles. The van der Waals surface area contributed by atoms with E-state index in [4.69, 9.17) is 5.11 Å². The largest absolute Gasteiger partial charge is 0.481 e. The van der Waals surface area contributed by atoms with Crippen LogP contribution < -0.4 is 0 Å². The highest BCUT2D eigenvalue weighted by atomic mass is 19.4. The molecule has 1 N–H and O–H groups in total. The Bertz CT molecular complexity index is 254. The standard InChI is InChI=1S/C8H12F3NO4/c1-16-5-4-12(3-2-6(13)14)7(15)8(9,10)11/h2-5H2,1H3,(H,13,14). The summed E-state index contributed by atoms with van der Waals surface area (Å²) >= 11 is 0. The summed E-state index contributed by atoms with van der Waals surface area (Å²) in [7, 11) is 1.27. The lowest BCUT2D eigenvalue weighted by atomic mass is 10.3. The third-order valence-electron chi connectivity index (χ3n) is 1.69. The van der Waals surface area contributed by atoms with E-state index in [2.05, 4.69) is 4.74 Å². The molecule has 0 aliphatic carbocycles. The normalized spacial score (nSPS) is 11.2. The topological polar surface area (TPSA) is 66.8 Å². The van der Waals surface area contributed by atoms with Gasteiger partial charge in [0.2, 0.25) is 0 Å². The second kappa shape index (κ2) is 6.31. The average molecular weight is 243 g/mol. The average Bonchev–Trinajstić information content (AvgIpc) is 2.15. The molecule has 0 spiro atoms. The minimum absolute atomic E-state index is 0.0819. The van der Waals surface area contributed by atoms with E-state index >= 15 is 0 Å². The number of aliphatic carboxylic acids is 1. The van der Waals surface area contributed by atoms with Crippen LogP contribution in [0, 0.1) is 0 Å². The molecule has 0 fully saturated rings. The Hall–Kier alpha value is -1.31. The van der Waals surface area contributed by atoms with Crippen LogP contribution in [0.25, 0.3) is 0 Å². The quantitative estimate of drug-likeness (QED) is 0.737. The second-order valence-corrected chi connectivity index (χ2v) is 2.93. The van der Waals surface area contributed by atoms with Gasteiger partial charge in [-0.15, -0.1) is 0 Å². The number of halogens is 3. The second-order valence-electron chi connectivity index (χ2n) is 2.93. The molecular weight excluding hydrogens is 231 g/mol. The van der Waals surface area contributed by atoms with Gasteiger partial charge in [0, 0.05) is 20.2 Å². The van der Waals surface area contributed by atoms with Crippen LogP contribution in [-0.2, 0) is 14.3 Å². The Morgan fingerprint density at radius 2 is 1.88 bits per heavy atom. The van der Waals surface area contributed by atoms with E-state index < -0.39 is 31.0 Å². The minimum Gasteiger partial charge on any atom is -0.481 e. The molecule has 0 unspecified atom stereocenters. The Balaban J connectivity index is 4.41. The number of carbonyl (C=O) groups is 2. The summed E-state index contributed by atoms with van der Waals surface area (Å²) in [4.78, 5) is 21.4. The molecule has 16 heavy (non-hydrogen) atoms. The Labute approximate surface area is 89.8 Å². The zero-order valence-corrected chi connectivity index (χ0v) is 8.58. The van der Waals surface area contributed by atoms with Crippen LogP contribution in [-0.4, -0.2) is 54.9 Å². The van der Waals surface area contributed by atoms with E-state index in [1.165, 1.54) is 7.11 Å². The molecule has 0 aromatic carbocycles. The van der Waals surface area contributed by atoms with E-state index in [0.29, 0.717) is 4.90 Å². The summed E-state index contributed by atoms with van der Waals surface area (Å²) in [5.41, 5.74) is 0. The molecule has 8 heteroatoms. The number of amides is 1. The van der Waals surface area contributed by atoms with Gasteiger partial charge in [0.05, 0.1) is 13.0 Å². The molecule has 5 nitrogen and oxygen atoms in total. The number of hydrogen-bond donors (Lipinski definition) is 1. The van der Waals surface area contributed by atoms with Gasteiger partial charge in [0.25, 0.3) is 0 Å². The van der Waals surface area contributed by atoms with E-state index in [0.717, 1.165) is 0 Å². The van der Waals surface area contributed by atoms with E-state index in [1.807, 2.05) is 0 Å². The zero-order valence-electron chi connectivity index (χ0n) is 8.58. The van der Waals surface area contributed by atoms with Crippen molar-refractivity contribution in [2.75, 3.05) is 26.8 Å². The van der Waals surface area contributed by atoms with Crippen molar-refractivity contribution in [1.82, 2.24) is 4.90 Å². The van der Waals surface area contributed by atoms with Crippen LogP contribution in [0.15, 0.2) is 0 Å².